The van der Waals surface area contributed by atoms with Crippen molar-refractivity contribution in [1.82, 2.24) is 0 Å². The molecule has 53 heavy (non-hydrogen) atoms. The average molecular weight is 773 g/mol. The molecule has 4 atom stereocenters. The van der Waals surface area contributed by atoms with Crippen LogP contribution in [0.1, 0.15) is 168 Å². The summed E-state index contributed by atoms with van der Waals surface area (Å²) in [5, 5.41) is 0. The molecule has 0 aromatic heterocycles. The van der Waals surface area contributed by atoms with Crippen molar-refractivity contribution in [3.63, 3.8) is 0 Å². The third-order valence-electron chi connectivity index (χ3n) is 9.38. The number of likely N-dealkylation sites (N-methyl/N-ethyl adjacent to an activating group) is 1. The number of unbranched alkanes of at least 4 members (excludes halogenated alkanes) is 16. The Hall–Kier alpha value is -1.55. The third kappa shape index (κ3) is 32.4. The number of esters is 2. The van der Waals surface area contributed by atoms with E-state index in [1.165, 1.54) is 51.4 Å². The standard InChI is InChI=1S/C42H78NO9P/c1-6-8-10-12-14-15-16-17-18-19-20-24-28-32-41(44)48-36-38(37-50-53(46,47)49-35-34-43(3,4)5)51-42(45)33-29-25-21-23-27-31-40-39(52-40)30-26-22-13-11-9-7-2/h15-16,22,26,38-40H,6-14,17-21,23-25,27-37H2,1-5H3/p+1/b16-15-,26-22-/t38-,39?,40?/m1/s1. The van der Waals surface area contributed by atoms with E-state index in [2.05, 4.69) is 38.2 Å². The van der Waals surface area contributed by atoms with Crippen molar-refractivity contribution < 1.29 is 46.8 Å². The highest BCUT2D eigenvalue weighted by molar-refractivity contribution is 7.47. The summed E-state index contributed by atoms with van der Waals surface area (Å²) in [6.07, 6.45) is 33.8. The second-order valence-electron chi connectivity index (χ2n) is 15.8. The number of epoxide rings is 1. The zero-order valence-electron chi connectivity index (χ0n) is 34.4. The molecule has 1 N–H and O–H groups in total. The molecule has 0 aliphatic carbocycles. The van der Waals surface area contributed by atoms with Crippen LogP contribution in [0.2, 0.25) is 0 Å². The summed E-state index contributed by atoms with van der Waals surface area (Å²) in [5.74, 6) is -0.832. The maximum Gasteiger partial charge on any atom is 0.472 e. The van der Waals surface area contributed by atoms with E-state index >= 15 is 0 Å². The molecule has 0 spiro atoms. The smallest absolute Gasteiger partial charge is 0.462 e. The number of phosphoric ester groups is 1. The average Bonchev–Trinajstić information content (AvgIpc) is 3.86. The minimum atomic E-state index is -4.38. The van der Waals surface area contributed by atoms with Crippen LogP contribution in [-0.2, 0) is 37.4 Å². The fourth-order valence-electron chi connectivity index (χ4n) is 5.90. The number of quaternary nitrogens is 1. The molecule has 3 unspecified atom stereocenters. The Morgan fingerprint density at radius 1 is 0.679 bits per heavy atom. The Morgan fingerprint density at radius 2 is 1.21 bits per heavy atom. The first-order valence-electron chi connectivity index (χ1n) is 21.2. The number of carbonyl (C=O) groups excluding carboxylic acids is 2. The zero-order valence-corrected chi connectivity index (χ0v) is 35.3. The van der Waals surface area contributed by atoms with Gasteiger partial charge in [0.05, 0.1) is 40.0 Å². The van der Waals surface area contributed by atoms with Crippen molar-refractivity contribution >= 4 is 19.8 Å². The van der Waals surface area contributed by atoms with Crippen LogP contribution in [-0.4, -0.2) is 87.1 Å². The third-order valence-corrected chi connectivity index (χ3v) is 10.4. The lowest BCUT2D eigenvalue weighted by molar-refractivity contribution is -0.870. The van der Waals surface area contributed by atoms with E-state index in [-0.39, 0.29) is 32.0 Å². The molecule has 1 fully saturated rings. The molecule has 0 bridgehead atoms. The van der Waals surface area contributed by atoms with Crippen molar-refractivity contribution in [2.45, 2.75) is 186 Å². The van der Waals surface area contributed by atoms with Gasteiger partial charge in [-0.2, -0.15) is 0 Å². The first-order chi connectivity index (χ1) is 25.5. The van der Waals surface area contributed by atoms with E-state index in [0.29, 0.717) is 29.7 Å². The largest absolute Gasteiger partial charge is 0.472 e. The summed E-state index contributed by atoms with van der Waals surface area (Å²) in [6, 6.07) is 0. The van der Waals surface area contributed by atoms with Gasteiger partial charge in [-0.1, -0.05) is 115 Å². The Balaban J connectivity index is 2.31. The number of phosphoric acid groups is 1. The molecule has 0 saturated carbocycles. The van der Waals surface area contributed by atoms with Gasteiger partial charge < -0.3 is 23.6 Å². The molecule has 0 aromatic carbocycles. The quantitative estimate of drug-likeness (QED) is 0.0164. The van der Waals surface area contributed by atoms with Crippen molar-refractivity contribution in [3.05, 3.63) is 24.3 Å². The van der Waals surface area contributed by atoms with Gasteiger partial charge in [0.1, 0.15) is 19.8 Å². The first kappa shape index (κ1) is 49.5. The predicted molar refractivity (Wildman–Crippen MR) is 215 cm³/mol. The molecule has 1 heterocycles. The number of nitrogens with zero attached hydrogens (tertiary/aromatic N) is 1. The van der Waals surface area contributed by atoms with E-state index in [9.17, 15) is 19.0 Å². The van der Waals surface area contributed by atoms with E-state index in [1.54, 1.807) is 0 Å². The summed E-state index contributed by atoms with van der Waals surface area (Å²) in [5.41, 5.74) is 0. The van der Waals surface area contributed by atoms with Crippen LogP contribution in [0.5, 0.6) is 0 Å². The summed E-state index contributed by atoms with van der Waals surface area (Å²) < 4.78 is 40.1. The Kier molecular flexibility index (Phi) is 29.5. The van der Waals surface area contributed by atoms with Crippen LogP contribution in [0.4, 0.5) is 0 Å². The number of hydrogen-bond acceptors (Lipinski definition) is 8. The molecule has 0 amide bonds. The maximum absolute atomic E-state index is 12.7. The molecule has 10 nitrogen and oxygen atoms in total. The Labute approximate surface area is 324 Å². The lowest BCUT2D eigenvalue weighted by Crippen LogP contribution is -2.37. The minimum absolute atomic E-state index is 0.0251. The second kappa shape index (κ2) is 31.6. The normalized spacial score (nSPS) is 17.7. The van der Waals surface area contributed by atoms with Crippen molar-refractivity contribution in [1.29, 1.82) is 0 Å². The van der Waals surface area contributed by atoms with Gasteiger partial charge in [-0.3, -0.25) is 18.6 Å². The van der Waals surface area contributed by atoms with Gasteiger partial charge in [0.15, 0.2) is 6.10 Å². The predicted octanol–water partition coefficient (Wildman–Crippen LogP) is 10.6. The van der Waals surface area contributed by atoms with Crippen LogP contribution >= 0.6 is 7.82 Å². The SMILES string of the molecule is CCCCC/C=C\CC1OC1CCCCCCCC(=O)O[C@H](COC(=O)CCCCCCC/C=C\CCCCCC)COP(=O)(O)OCC[N+](C)(C)C. The van der Waals surface area contributed by atoms with Gasteiger partial charge in [0, 0.05) is 12.8 Å². The highest BCUT2D eigenvalue weighted by Crippen LogP contribution is 2.43. The fraction of sp³-hybridized carbons (Fsp3) is 0.857. The summed E-state index contributed by atoms with van der Waals surface area (Å²) in [4.78, 5) is 35.3. The summed E-state index contributed by atoms with van der Waals surface area (Å²) in [6.45, 7) is 4.33. The van der Waals surface area contributed by atoms with Gasteiger partial charge in [-0.25, -0.2) is 4.57 Å². The van der Waals surface area contributed by atoms with Gasteiger partial charge in [0.25, 0.3) is 0 Å². The monoisotopic (exact) mass is 773 g/mol. The van der Waals surface area contributed by atoms with Crippen molar-refractivity contribution in [2.75, 3.05) is 47.5 Å². The molecular weight excluding hydrogens is 693 g/mol. The molecule has 1 aliphatic heterocycles. The van der Waals surface area contributed by atoms with E-state index in [4.69, 9.17) is 23.3 Å². The van der Waals surface area contributed by atoms with E-state index < -0.39 is 26.5 Å². The number of ether oxygens (including phenoxy) is 3. The molecule has 1 saturated heterocycles. The Bertz CT molecular complexity index is 1030. The van der Waals surface area contributed by atoms with Crippen molar-refractivity contribution in [2.24, 2.45) is 0 Å². The number of carbonyl (C=O) groups is 2. The molecular formula is C42H79NO9P+. The van der Waals surface area contributed by atoms with Crippen LogP contribution in [0.3, 0.4) is 0 Å². The van der Waals surface area contributed by atoms with E-state index in [0.717, 1.165) is 83.5 Å². The van der Waals surface area contributed by atoms with Crippen LogP contribution in [0.15, 0.2) is 24.3 Å². The molecule has 11 heteroatoms. The minimum Gasteiger partial charge on any atom is -0.462 e. The van der Waals surface area contributed by atoms with Crippen LogP contribution in [0, 0.1) is 0 Å². The maximum atomic E-state index is 12.7. The van der Waals surface area contributed by atoms with Crippen LogP contribution in [0.25, 0.3) is 0 Å². The molecule has 1 aliphatic rings. The Morgan fingerprint density at radius 3 is 1.85 bits per heavy atom. The number of hydrogen-bond donors (Lipinski definition) is 1. The number of rotatable bonds is 37. The first-order valence-corrected chi connectivity index (χ1v) is 22.7. The molecule has 0 aromatic rings. The fourth-order valence-corrected chi connectivity index (χ4v) is 6.64. The van der Waals surface area contributed by atoms with E-state index in [1.807, 2.05) is 21.1 Å². The lowest BCUT2D eigenvalue weighted by atomic mass is 10.1. The molecule has 0 radical (unpaired) electrons. The molecule has 310 valence electrons. The highest BCUT2D eigenvalue weighted by atomic mass is 31.2. The summed E-state index contributed by atoms with van der Waals surface area (Å²) in [7, 11) is 1.45. The van der Waals surface area contributed by atoms with Gasteiger partial charge in [-0.15, -0.1) is 0 Å². The number of allylic oxidation sites excluding steroid dienone is 3. The summed E-state index contributed by atoms with van der Waals surface area (Å²) >= 11 is 0. The molecule has 1 rings (SSSR count). The zero-order chi connectivity index (χ0) is 39.0. The van der Waals surface area contributed by atoms with Gasteiger partial charge in [-0.05, 0) is 64.2 Å². The topological polar surface area (TPSA) is 121 Å². The van der Waals surface area contributed by atoms with Crippen molar-refractivity contribution in [3.8, 4) is 0 Å². The lowest BCUT2D eigenvalue weighted by Gasteiger charge is -2.24. The van der Waals surface area contributed by atoms with Gasteiger partial charge >= 0.3 is 19.8 Å². The second-order valence-corrected chi connectivity index (χ2v) is 17.2. The highest BCUT2D eigenvalue weighted by Gasteiger charge is 2.36. The van der Waals surface area contributed by atoms with Gasteiger partial charge in [0.2, 0.25) is 0 Å². The van der Waals surface area contributed by atoms with Crippen LogP contribution < -0.4 is 0 Å².